The number of sulfone groups is 1. The summed E-state index contributed by atoms with van der Waals surface area (Å²) in [7, 11) is -9.09. The van der Waals surface area contributed by atoms with Crippen molar-refractivity contribution in [2.24, 2.45) is 16.7 Å². The van der Waals surface area contributed by atoms with Crippen LogP contribution in [0.4, 0.5) is 0 Å². The van der Waals surface area contributed by atoms with Gasteiger partial charge in [0, 0.05) is 11.6 Å². The number of ether oxygens (including phenoxy) is 3. The maximum Gasteiger partial charge on any atom is 0.351 e. The summed E-state index contributed by atoms with van der Waals surface area (Å²) in [6.45, 7) is 7.62. The SMILES string of the molecule is CC(C)(C)C(=O)OCOP(=O)(CS(=O)(=O)C[C@H]1O[C@@H](n2ccc3c(CC4CCCC4)nc(Cl)nc32)[C@H](O)[C@@H]1O)OCOC(=O)C(C)(C)C. The Labute approximate surface area is 285 Å². The van der Waals surface area contributed by atoms with Gasteiger partial charge in [-0.25, -0.2) is 13.4 Å². The molecule has 270 valence electrons. The highest BCUT2D eigenvalue weighted by atomic mass is 35.5. The van der Waals surface area contributed by atoms with Gasteiger partial charge in [-0.3, -0.25) is 23.2 Å². The topological polar surface area (TPSA) is 203 Å². The van der Waals surface area contributed by atoms with E-state index in [0.717, 1.165) is 31.4 Å². The fourth-order valence-corrected chi connectivity index (χ4v) is 9.83. The third-order valence-corrected chi connectivity index (χ3v) is 12.9. The van der Waals surface area contributed by atoms with Gasteiger partial charge in [0.2, 0.25) is 18.9 Å². The fourth-order valence-electron chi connectivity index (χ4n) is 5.42. The smallest absolute Gasteiger partial charge is 0.351 e. The molecular formula is C30H45ClN3O12PS. The number of rotatable bonds is 13. The van der Waals surface area contributed by atoms with Crippen molar-refractivity contribution in [2.75, 3.05) is 24.8 Å². The van der Waals surface area contributed by atoms with E-state index in [2.05, 4.69) is 9.97 Å². The molecule has 2 N–H and O–H groups in total. The van der Waals surface area contributed by atoms with Crippen molar-refractivity contribution >= 4 is 52.0 Å². The number of hydrogen-bond acceptors (Lipinski definition) is 14. The Kier molecular flexibility index (Phi) is 12.1. The van der Waals surface area contributed by atoms with Gasteiger partial charge in [-0.15, -0.1) is 0 Å². The molecule has 1 aliphatic carbocycles. The summed E-state index contributed by atoms with van der Waals surface area (Å²) in [5.74, 6) is -1.86. The summed E-state index contributed by atoms with van der Waals surface area (Å²) in [5, 5.41) is 22.5. The van der Waals surface area contributed by atoms with Crippen LogP contribution < -0.4 is 0 Å². The van der Waals surface area contributed by atoms with Crippen molar-refractivity contribution in [3.8, 4) is 0 Å². The van der Waals surface area contributed by atoms with Crippen LogP contribution in [0.1, 0.15) is 79.1 Å². The van der Waals surface area contributed by atoms with Crippen LogP contribution in [-0.4, -0.2) is 88.2 Å². The van der Waals surface area contributed by atoms with Crippen LogP contribution in [-0.2, 0) is 53.7 Å². The molecule has 0 bridgehead atoms. The number of carbonyl (C=O) groups excluding carboxylic acids is 2. The largest absolute Gasteiger partial charge is 0.438 e. The molecule has 2 fully saturated rings. The van der Waals surface area contributed by atoms with E-state index in [1.807, 2.05) is 0 Å². The predicted molar refractivity (Wildman–Crippen MR) is 173 cm³/mol. The number of hydrogen-bond donors (Lipinski definition) is 2. The molecule has 0 unspecified atom stereocenters. The van der Waals surface area contributed by atoms with E-state index >= 15 is 0 Å². The second kappa shape index (κ2) is 15.0. The quantitative estimate of drug-likeness (QED) is 0.129. The van der Waals surface area contributed by atoms with Crippen LogP contribution >= 0.6 is 19.2 Å². The number of nitrogens with zero attached hydrogens (tertiary/aromatic N) is 3. The van der Waals surface area contributed by atoms with Crippen molar-refractivity contribution in [3.63, 3.8) is 0 Å². The molecule has 0 aromatic carbocycles. The third kappa shape index (κ3) is 9.75. The Morgan fingerprint density at radius 1 is 1.00 bits per heavy atom. The van der Waals surface area contributed by atoms with Crippen LogP contribution in [0.15, 0.2) is 12.3 Å². The monoisotopic (exact) mass is 737 g/mol. The molecule has 15 nitrogen and oxygen atoms in total. The van der Waals surface area contributed by atoms with E-state index in [1.165, 1.54) is 4.57 Å². The molecule has 18 heteroatoms. The van der Waals surface area contributed by atoms with Gasteiger partial charge in [0.25, 0.3) is 0 Å². The van der Waals surface area contributed by atoms with Gasteiger partial charge in [0.1, 0.15) is 24.0 Å². The van der Waals surface area contributed by atoms with Gasteiger partial charge in [-0.05, 0) is 71.5 Å². The molecule has 48 heavy (non-hydrogen) atoms. The van der Waals surface area contributed by atoms with E-state index in [-0.39, 0.29) is 5.28 Å². The highest BCUT2D eigenvalue weighted by Crippen LogP contribution is 2.50. The zero-order valence-electron chi connectivity index (χ0n) is 28.0. The lowest BCUT2D eigenvalue weighted by Crippen LogP contribution is -2.36. The average molecular weight is 738 g/mol. The number of aromatic nitrogens is 3. The minimum absolute atomic E-state index is 0.000258. The number of carbonyl (C=O) groups is 2. The number of aliphatic hydroxyl groups is 2. The maximum atomic E-state index is 13.6. The highest BCUT2D eigenvalue weighted by molar-refractivity contribution is 7.97. The van der Waals surface area contributed by atoms with Gasteiger partial charge in [-0.1, -0.05) is 25.7 Å². The molecule has 1 saturated carbocycles. The summed E-state index contributed by atoms with van der Waals surface area (Å²) < 4.78 is 67.9. The van der Waals surface area contributed by atoms with E-state index in [1.54, 1.807) is 53.8 Å². The molecule has 0 spiro atoms. The minimum atomic E-state index is -4.65. The Balaban J connectivity index is 1.49. The first-order valence-electron chi connectivity index (χ1n) is 15.7. The molecule has 2 aromatic heterocycles. The van der Waals surface area contributed by atoms with E-state index in [4.69, 9.17) is 34.9 Å². The summed E-state index contributed by atoms with van der Waals surface area (Å²) in [5.41, 5.74) is -2.01. The number of aliphatic hydroxyl groups excluding tert-OH is 2. The minimum Gasteiger partial charge on any atom is -0.438 e. The van der Waals surface area contributed by atoms with Gasteiger partial charge in [0.05, 0.1) is 22.3 Å². The van der Waals surface area contributed by atoms with E-state index in [9.17, 15) is 32.8 Å². The lowest BCUT2D eigenvalue weighted by Gasteiger charge is -2.22. The van der Waals surface area contributed by atoms with Gasteiger partial charge < -0.3 is 29.0 Å². The zero-order chi connectivity index (χ0) is 35.7. The molecule has 3 heterocycles. The van der Waals surface area contributed by atoms with Crippen LogP contribution in [0.3, 0.4) is 0 Å². The molecule has 2 aromatic rings. The Morgan fingerprint density at radius 3 is 2.10 bits per heavy atom. The third-order valence-electron chi connectivity index (χ3n) is 8.07. The average Bonchev–Trinajstić information content (AvgIpc) is 3.68. The predicted octanol–water partition coefficient (Wildman–Crippen LogP) is 4.13. The molecule has 0 radical (unpaired) electrons. The highest BCUT2D eigenvalue weighted by Gasteiger charge is 2.47. The standard InChI is InChI=1S/C30H45ClN3O12PS/c1-29(2,3)26(37)42-15-44-47(39,45-16-43-27(38)30(4,5)6)17-48(40,41)14-21-22(35)23(36)25(46-21)34-12-11-19-20(13-18-9-7-8-10-18)32-28(31)33-24(19)34/h11-12,18,21-23,25,35-36H,7-10,13-17H2,1-6H3/t21-,22-,23-,25-/m1/s1. The second-order valence-electron chi connectivity index (χ2n) is 14.3. The normalized spacial score (nSPS) is 22.8. The summed E-state index contributed by atoms with van der Waals surface area (Å²) in [4.78, 5) is 33.1. The van der Waals surface area contributed by atoms with Crippen LogP contribution in [0.2, 0.25) is 5.28 Å². The van der Waals surface area contributed by atoms with Gasteiger partial charge in [0.15, 0.2) is 21.6 Å². The summed E-state index contributed by atoms with van der Waals surface area (Å²) in [6, 6.07) is 1.76. The summed E-state index contributed by atoms with van der Waals surface area (Å²) in [6.07, 6.45) is 0.841. The van der Waals surface area contributed by atoms with Crippen molar-refractivity contribution in [1.29, 1.82) is 0 Å². The molecule has 1 saturated heterocycles. The lowest BCUT2D eigenvalue weighted by molar-refractivity contribution is -0.161. The number of halogens is 1. The van der Waals surface area contributed by atoms with Crippen LogP contribution in [0.5, 0.6) is 0 Å². The molecule has 1 aliphatic heterocycles. The van der Waals surface area contributed by atoms with Gasteiger partial charge in [-0.2, -0.15) is 4.98 Å². The van der Waals surface area contributed by atoms with Crippen molar-refractivity contribution in [2.45, 2.75) is 98.2 Å². The van der Waals surface area contributed by atoms with Crippen molar-refractivity contribution in [3.05, 3.63) is 23.2 Å². The first-order valence-corrected chi connectivity index (χ1v) is 19.6. The first-order chi connectivity index (χ1) is 22.2. The Bertz CT molecular complexity index is 1600. The molecule has 4 rings (SSSR count). The Hall–Kier alpha value is -2.17. The van der Waals surface area contributed by atoms with Crippen LogP contribution in [0.25, 0.3) is 11.0 Å². The fraction of sp³-hybridized carbons (Fsp3) is 0.733. The number of esters is 2. The van der Waals surface area contributed by atoms with Gasteiger partial charge >= 0.3 is 19.5 Å². The van der Waals surface area contributed by atoms with Crippen LogP contribution in [0, 0.1) is 16.7 Å². The zero-order valence-corrected chi connectivity index (χ0v) is 30.4. The molecule has 4 atom stereocenters. The Morgan fingerprint density at radius 2 is 1.56 bits per heavy atom. The maximum absolute atomic E-state index is 13.6. The molecule has 2 aliphatic rings. The number of fused-ring (bicyclic) bond motifs is 1. The van der Waals surface area contributed by atoms with Crippen molar-refractivity contribution < 1.29 is 56.0 Å². The lowest BCUT2D eigenvalue weighted by atomic mass is 9.98. The van der Waals surface area contributed by atoms with Crippen molar-refractivity contribution in [1.82, 2.24) is 14.5 Å². The second-order valence-corrected chi connectivity index (χ2v) is 19.2. The van der Waals surface area contributed by atoms with E-state index < -0.39 is 89.6 Å². The molecular weight excluding hydrogens is 693 g/mol. The van der Waals surface area contributed by atoms with E-state index in [0.29, 0.717) is 23.4 Å². The first kappa shape index (κ1) is 38.6. The summed E-state index contributed by atoms with van der Waals surface area (Å²) >= 11 is 6.27. The molecule has 0 amide bonds.